The highest BCUT2D eigenvalue weighted by atomic mass is 15.6. The van der Waals surface area contributed by atoms with Crippen LogP contribution in [0.5, 0.6) is 0 Å². The van der Waals surface area contributed by atoms with Gasteiger partial charge in [0.05, 0.1) is 6.21 Å². The van der Waals surface area contributed by atoms with Gasteiger partial charge in [-0.1, -0.05) is 36.4 Å². The van der Waals surface area contributed by atoms with Gasteiger partial charge < -0.3 is 0 Å². The van der Waals surface area contributed by atoms with E-state index in [-0.39, 0.29) is 6.29 Å². The molecule has 1 aliphatic heterocycles. The fourth-order valence-electron chi connectivity index (χ4n) is 2.27. The van der Waals surface area contributed by atoms with Gasteiger partial charge in [-0.3, -0.25) is 15.6 Å². The average molecular weight is 254 g/mol. The molecule has 4 nitrogen and oxygen atoms in total. The van der Waals surface area contributed by atoms with Crippen LogP contribution in [0.15, 0.2) is 47.6 Å². The predicted octanol–water partition coefficient (Wildman–Crippen LogP) is 1.58. The Balaban J connectivity index is 1.76. The molecule has 0 unspecified atom stereocenters. The van der Waals surface area contributed by atoms with Crippen LogP contribution in [0.4, 0.5) is 0 Å². The first kappa shape index (κ1) is 12.1. The summed E-state index contributed by atoms with van der Waals surface area (Å²) in [5.74, 6) is 0. The molecule has 0 radical (unpaired) electrons. The van der Waals surface area contributed by atoms with E-state index in [1.54, 1.807) is 0 Å². The highest BCUT2D eigenvalue weighted by Crippen LogP contribution is 2.14. The third-order valence-electron chi connectivity index (χ3n) is 3.34. The second-order valence-electron chi connectivity index (χ2n) is 4.74. The summed E-state index contributed by atoms with van der Waals surface area (Å²) >= 11 is 0. The molecule has 0 aromatic heterocycles. The van der Waals surface area contributed by atoms with Crippen molar-refractivity contribution in [3.63, 3.8) is 0 Å². The summed E-state index contributed by atoms with van der Waals surface area (Å²) in [4.78, 5) is 0. The number of nitrogens with one attached hydrogen (secondary N) is 2. The standard InChI is InChI=1S/C15H18N4/c1-19(15-16-8-9-17-15)18-11-12-6-7-13-4-2-3-5-14(13)10-12/h2-7,10-11,15-17H,8-9H2,1H3/b18-11+. The molecule has 3 rings (SSSR count). The van der Waals surface area contributed by atoms with Crippen molar-refractivity contribution in [2.45, 2.75) is 6.29 Å². The van der Waals surface area contributed by atoms with Gasteiger partial charge in [0.2, 0.25) is 0 Å². The zero-order valence-corrected chi connectivity index (χ0v) is 11.0. The first-order valence-corrected chi connectivity index (χ1v) is 6.55. The number of rotatable bonds is 3. The van der Waals surface area contributed by atoms with E-state index >= 15 is 0 Å². The molecule has 0 spiro atoms. The molecule has 0 saturated carbocycles. The van der Waals surface area contributed by atoms with Crippen LogP contribution < -0.4 is 10.6 Å². The molecular weight excluding hydrogens is 236 g/mol. The Morgan fingerprint density at radius 2 is 1.84 bits per heavy atom. The number of hydrazone groups is 1. The van der Waals surface area contributed by atoms with E-state index in [2.05, 4.69) is 58.2 Å². The second-order valence-corrected chi connectivity index (χ2v) is 4.74. The Hall–Kier alpha value is -1.91. The maximum absolute atomic E-state index is 4.47. The topological polar surface area (TPSA) is 39.7 Å². The van der Waals surface area contributed by atoms with Crippen LogP contribution >= 0.6 is 0 Å². The number of fused-ring (bicyclic) bond motifs is 1. The fourth-order valence-corrected chi connectivity index (χ4v) is 2.27. The lowest BCUT2D eigenvalue weighted by atomic mass is 10.1. The molecule has 98 valence electrons. The quantitative estimate of drug-likeness (QED) is 0.645. The molecule has 19 heavy (non-hydrogen) atoms. The molecule has 2 aromatic carbocycles. The van der Waals surface area contributed by atoms with E-state index in [0.717, 1.165) is 18.7 Å². The Kier molecular flexibility index (Phi) is 3.44. The van der Waals surface area contributed by atoms with Crippen molar-refractivity contribution in [2.75, 3.05) is 20.1 Å². The number of hydrogen-bond donors (Lipinski definition) is 2. The maximum Gasteiger partial charge on any atom is 0.150 e. The first-order valence-electron chi connectivity index (χ1n) is 6.55. The highest BCUT2D eigenvalue weighted by molar-refractivity contribution is 5.90. The zero-order valence-electron chi connectivity index (χ0n) is 11.0. The lowest BCUT2D eigenvalue weighted by Gasteiger charge is -2.20. The number of benzene rings is 2. The normalized spacial score (nSPS) is 16.5. The van der Waals surface area contributed by atoms with Crippen molar-refractivity contribution in [1.29, 1.82) is 0 Å². The highest BCUT2D eigenvalue weighted by Gasteiger charge is 2.15. The summed E-state index contributed by atoms with van der Waals surface area (Å²) < 4.78 is 0. The van der Waals surface area contributed by atoms with Crippen molar-refractivity contribution in [1.82, 2.24) is 15.6 Å². The van der Waals surface area contributed by atoms with E-state index in [1.165, 1.54) is 10.8 Å². The Labute approximate surface area is 113 Å². The van der Waals surface area contributed by atoms with Crippen LogP contribution in [0.25, 0.3) is 10.8 Å². The summed E-state index contributed by atoms with van der Waals surface area (Å²) in [5.41, 5.74) is 1.11. The Morgan fingerprint density at radius 3 is 2.63 bits per heavy atom. The van der Waals surface area contributed by atoms with Crippen LogP contribution in [-0.4, -0.2) is 37.7 Å². The molecule has 1 saturated heterocycles. The molecular formula is C15H18N4. The molecule has 0 amide bonds. The van der Waals surface area contributed by atoms with Crippen LogP contribution in [0.2, 0.25) is 0 Å². The third kappa shape index (κ3) is 2.75. The van der Waals surface area contributed by atoms with Crippen molar-refractivity contribution in [2.24, 2.45) is 5.10 Å². The van der Waals surface area contributed by atoms with Crippen LogP contribution in [0.3, 0.4) is 0 Å². The van der Waals surface area contributed by atoms with Crippen molar-refractivity contribution < 1.29 is 0 Å². The molecule has 0 bridgehead atoms. The largest absolute Gasteiger partial charge is 0.282 e. The summed E-state index contributed by atoms with van der Waals surface area (Å²) in [7, 11) is 1.97. The predicted molar refractivity (Wildman–Crippen MR) is 79.1 cm³/mol. The number of hydrogen-bond acceptors (Lipinski definition) is 4. The first-order chi connectivity index (χ1) is 9.33. The molecule has 1 fully saturated rings. The maximum atomic E-state index is 4.47. The molecule has 0 atom stereocenters. The van der Waals surface area contributed by atoms with Crippen LogP contribution in [-0.2, 0) is 0 Å². The Bertz CT molecular complexity index is 587. The summed E-state index contributed by atoms with van der Waals surface area (Å²) in [6.07, 6.45) is 2.03. The van der Waals surface area contributed by atoms with Gasteiger partial charge in [-0.15, -0.1) is 0 Å². The van der Waals surface area contributed by atoms with Gasteiger partial charge in [0.25, 0.3) is 0 Å². The Morgan fingerprint density at radius 1 is 1.11 bits per heavy atom. The average Bonchev–Trinajstić information content (AvgIpc) is 2.99. The van der Waals surface area contributed by atoms with E-state index in [1.807, 2.05) is 18.3 Å². The van der Waals surface area contributed by atoms with Gasteiger partial charge in [-0.25, -0.2) is 0 Å². The van der Waals surface area contributed by atoms with Gasteiger partial charge in [-0.2, -0.15) is 5.10 Å². The fraction of sp³-hybridized carbons (Fsp3) is 0.267. The van der Waals surface area contributed by atoms with Crippen LogP contribution in [0, 0.1) is 0 Å². The minimum absolute atomic E-state index is 0.136. The summed E-state index contributed by atoms with van der Waals surface area (Å²) in [6, 6.07) is 14.7. The minimum atomic E-state index is 0.136. The molecule has 0 aliphatic carbocycles. The second kappa shape index (κ2) is 5.38. The van der Waals surface area contributed by atoms with Gasteiger partial charge in [0.1, 0.15) is 0 Å². The molecule has 4 heteroatoms. The molecule has 1 aliphatic rings. The molecule has 2 N–H and O–H groups in total. The monoisotopic (exact) mass is 254 g/mol. The van der Waals surface area contributed by atoms with Gasteiger partial charge in [-0.05, 0) is 22.4 Å². The van der Waals surface area contributed by atoms with E-state index in [0.29, 0.717) is 0 Å². The zero-order chi connectivity index (χ0) is 13.1. The van der Waals surface area contributed by atoms with Gasteiger partial charge in [0.15, 0.2) is 6.29 Å². The summed E-state index contributed by atoms with van der Waals surface area (Å²) in [5, 5.41) is 15.5. The van der Waals surface area contributed by atoms with Crippen molar-refractivity contribution in [3.8, 4) is 0 Å². The molecule has 1 heterocycles. The number of nitrogens with zero attached hydrogens (tertiary/aromatic N) is 2. The van der Waals surface area contributed by atoms with E-state index in [9.17, 15) is 0 Å². The van der Waals surface area contributed by atoms with Gasteiger partial charge >= 0.3 is 0 Å². The lowest BCUT2D eigenvalue weighted by molar-refractivity contribution is 0.215. The third-order valence-corrected chi connectivity index (χ3v) is 3.34. The minimum Gasteiger partial charge on any atom is -0.282 e. The summed E-state index contributed by atoms with van der Waals surface area (Å²) in [6.45, 7) is 1.97. The smallest absolute Gasteiger partial charge is 0.150 e. The van der Waals surface area contributed by atoms with Crippen molar-refractivity contribution >= 4 is 17.0 Å². The SMILES string of the molecule is CN(/N=C/c1ccc2ccccc2c1)C1NCCN1. The van der Waals surface area contributed by atoms with Gasteiger partial charge in [0, 0.05) is 20.1 Å². The molecule has 2 aromatic rings. The van der Waals surface area contributed by atoms with E-state index in [4.69, 9.17) is 0 Å². The van der Waals surface area contributed by atoms with Crippen LogP contribution in [0.1, 0.15) is 5.56 Å². The lowest BCUT2D eigenvalue weighted by Crippen LogP contribution is -2.43. The van der Waals surface area contributed by atoms with E-state index < -0.39 is 0 Å². The van der Waals surface area contributed by atoms with Crippen molar-refractivity contribution in [3.05, 3.63) is 48.0 Å².